The van der Waals surface area contributed by atoms with E-state index >= 15 is 0 Å². The minimum atomic E-state index is -0.730. The van der Waals surface area contributed by atoms with Crippen LogP contribution in [0.5, 0.6) is 0 Å². The van der Waals surface area contributed by atoms with Crippen molar-refractivity contribution in [1.29, 1.82) is 0 Å². The largest absolute Gasteiger partial charge is 0.481 e. The minimum absolute atomic E-state index is 0.0371. The van der Waals surface area contributed by atoms with Crippen molar-refractivity contribution in [3.8, 4) is 0 Å². The van der Waals surface area contributed by atoms with Crippen molar-refractivity contribution in [3.63, 3.8) is 0 Å². The van der Waals surface area contributed by atoms with Crippen LogP contribution in [0.1, 0.15) is 84.5 Å². The number of hydrogen-bond donors (Lipinski definition) is 5. The number of ketones is 1. The zero-order valence-electron chi connectivity index (χ0n) is 25.6. The van der Waals surface area contributed by atoms with Crippen LogP contribution in [-0.2, 0) is 33.4 Å². The van der Waals surface area contributed by atoms with E-state index in [9.17, 15) is 24.0 Å². The van der Waals surface area contributed by atoms with Crippen LogP contribution in [0.25, 0.3) is 0 Å². The summed E-state index contributed by atoms with van der Waals surface area (Å²) in [6, 6.07) is -0.690. The highest BCUT2D eigenvalue weighted by atomic mass is 32.2. The van der Waals surface area contributed by atoms with Crippen molar-refractivity contribution < 1.29 is 38.6 Å². The van der Waals surface area contributed by atoms with Crippen molar-refractivity contribution in [2.45, 2.75) is 90.5 Å². The predicted molar refractivity (Wildman–Crippen MR) is 164 cm³/mol. The first-order chi connectivity index (χ1) is 20.2. The average molecular weight is 619 g/mol. The molecule has 0 aromatic rings. The number of ether oxygens (including phenoxy) is 2. The van der Waals surface area contributed by atoms with Gasteiger partial charge in [-0.2, -0.15) is 11.8 Å². The van der Waals surface area contributed by atoms with Crippen LogP contribution >= 0.6 is 11.8 Å². The number of unbranched alkanes of at least 4 members (excludes halogenated alkanes) is 7. The Balaban J connectivity index is 3.82. The number of amides is 3. The zero-order chi connectivity index (χ0) is 31.4. The van der Waals surface area contributed by atoms with Gasteiger partial charge in [-0.25, -0.2) is 0 Å². The monoisotopic (exact) mass is 618 g/mol. The molecule has 2 atom stereocenters. The SMILES string of the molecule is CC(=O)CSC[C@H](C)C(=O)N[C@@H](CCCN)C(=O)NCCOCCOCC(=O)NCCCCCCCCCCC(=O)O. The molecule has 0 aliphatic rings. The molecular formula is C29H54N4O8S. The molecule has 244 valence electrons. The number of carboxylic acid groups (broad SMARTS) is 1. The van der Waals surface area contributed by atoms with E-state index in [0.29, 0.717) is 37.4 Å². The van der Waals surface area contributed by atoms with Crippen molar-refractivity contribution >= 4 is 41.2 Å². The summed E-state index contributed by atoms with van der Waals surface area (Å²) in [5.74, 6) is -0.863. The number of carbonyl (C=O) groups excluding carboxylic acids is 4. The molecule has 42 heavy (non-hydrogen) atoms. The van der Waals surface area contributed by atoms with Crippen LogP contribution in [-0.4, -0.2) is 98.2 Å². The molecule has 3 amide bonds. The molecule has 0 spiro atoms. The van der Waals surface area contributed by atoms with Gasteiger partial charge < -0.3 is 36.3 Å². The number of thioether (sulfide) groups is 1. The number of nitrogens with two attached hydrogens (primary N) is 1. The molecule has 0 aliphatic heterocycles. The maximum Gasteiger partial charge on any atom is 0.303 e. The molecule has 6 N–H and O–H groups in total. The molecule has 0 saturated carbocycles. The second-order valence-corrected chi connectivity index (χ2v) is 11.4. The van der Waals surface area contributed by atoms with Crippen LogP contribution in [0, 0.1) is 5.92 Å². The number of rotatable bonds is 29. The number of aliphatic carboxylic acids is 1. The number of hydrogen-bond acceptors (Lipinski definition) is 9. The Kier molecular flexibility index (Phi) is 26.1. The Labute approximate surface area is 255 Å². The lowest BCUT2D eigenvalue weighted by atomic mass is 10.1. The minimum Gasteiger partial charge on any atom is -0.481 e. The molecule has 0 aromatic carbocycles. The Morgan fingerprint density at radius 3 is 2.10 bits per heavy atom. The second kappa shape index (κ2) is 27.6. The summed E-state index contributed by atoms with van der Waals surface area (Å²) < 4.78 is 10.8. The Bertz CT molecular complexity index is 772. The molecule has 0 saturated heterocycles. The normalized spacial score (nSPS) is 12.4. The molecule has 0 rings (SSSR count). The van der Waals surface area contributed by atoms with Crippen molar-refractivity contribution in [3.05, 3.63) is 0 Å². The molecule has 12 nitrogen and oxygen atoms in total. The van der Waals surface area contributed by atoms with E-state index < -0.39 is 12.0 Å². The lowest BCUT2D eigenvalue weighted by Gasteiger charge is -2.20. The van der Waals surface area contributed by atoms with Crippen LogP contribution in [0.2, 0.25) is 0 Å². The number of carboxylic acids is 1. The van der Waals surface area contributed by atoms with Gasteiger partial charge in [-0.1, -0.05) is 45.4 Å². The first-order valence-electron chi connectivity index (χ1n) is 15.2. The van der Waals surface area contributed by atoms with Gasteiger partial charge in [-0.15, -0.1) is 0 Å². The van der Waals surface area contributed by atoms with E-state index in [4.69, 9.17) is 20.3 Å². The maximum absolute atomic E-state index is 12.6. The Morgan fingerprint density at radius 1 is 0.810 bits per heavy atom. The summed E-state index contributed by atoms with van der Waals surface area (Å²) in [7, 11) is 0. The molecule has 13 heteroatoms. The second-order valence-electron chi connectivity index (χ2n) is 10.4. The first-order valence-corrected chi connectivity index (χ1v) is 16.3. The lowest BCUT2D eigenvalue weighted by molar-refractivity contribution is -0.137. The van der Waals surface area contributed by atoms with Gasteiger partial charge in [0.2, 0.25) is 17.7 Å². The lowest BCUT2D eigenvalue weighted by Crippen LogP contribution is -2.49. The Hall–Kier alpha value is -2.22. The van der Waals surface area contributed by atoms with Gasteiger partial charge in [0.05, 0.1) is 25.6 Å². The first kappa shape index (κ1) is 39.8. The number of Topliss-reactive ketones (excluding diaryl/α,β-unsaturated/α-hetero) is 1. The smallest absolute Gasteiger partial charge is 0.303 e. The topological polar surface area (TPSA) is 186 Å². The molecule has 0 unspecified atom stereocenters. The molecule has 0 heterocycles. The molecule has 0 fully saturated rings. The van der Waals surface area contributed by atoms with Gasteiger partial charge in [-0.3, -0.25) is 24.0 Å². The molecule has 0 bridgehead atoms. The highest BCUT2D eigenvalue weighted by Gasteiger charge is 2.23. The summed E-state index contributed by atoms with van der Waals surface area (Å²) in [4.78, 5) is 58.5. The highest BCUT2D eigenvalue weighted by Crippen LogP contribution is 2.10. The van der Waals surface area contributed by atoms with E-state index in [-0.39, 0.29) is 68.8 Å². The highest BCUT2D eigenvalue weighted by molar-refractivity contribution is 7.99. The van der Waals surface area contributed by atoms with Gasteiger partial charge in [-0.05, 0) is 39.2 Å². The fourth-order valence-corrected chi connectivity index (χ4v) is 4.77. The van der Waals surface area contributed by atoms with E-state index in [0.717, 1.165) is 51.4 Å². The Morgan fingerprint density at radius 2 is 1.45 bits per heavy atom. The van der Waals surface area contributed by atoms with Gasteiger partial charge >= 0.3 is 5.97 Å². The van der Waals surface area contributed by atoms with E-state index in [2.05, 4.69) is 16.0 Å². The third kappa shape index (κ3) is 25.5. The van der Waals surface area contributed by atoms with Gasteiger partial charge in [0.15, 0.2) is 0 Å². The summed E-state index contributed by atoms with van der Waals surface area (Å²) >= 11 is 1.40. The quantitative estimate of drug-likeness (QED) is 0.0777. The third-order valence-corrected chi connectivity index (χ3v) is 7.59. The number of carbonyl (C=O) groups is 5. The third-order valence-electron chi connectivity index (χ3n) is 6.24. The fraction of sp³-hybridized carbons (Fsp3) is 0.828. The predicted octanol–water partition coefficient (Wildman–Crippen LogP) is 2.03. The summed E-state index contributed by atoms with van der Waals surface area (Å²) in [5, 5.41) is 17.0. The molecule has 0 radical (unpaired) electrons. The van der Waals surface area contributed by atoms with E-state index in [1.54, 1.807) is 6.92 Å². The van der Waals surface area contributed by atoms with E-state index in [1.807, 2.05) is 0 Å². The van der Waals surface area contributed by atoms with Gasteiger partial charge in [0, 0.05) is 31.2 Å². The summed E-state index contributed by atoms with van der Waals surface area (Å²) in [6.07, 6.45) is 9.35. The van der Waals surface area contributed by atoms with Crippen LogP contribution in [0.4, 0.5) is 0 Å². The number of nitrogens with one attached hydrogen (secondary N) is 3. The molecular weight excluding hydrogens is 564 g/mol. The fourth-order valence-electron chi connectivity index (χ4n) is 3.85. The molecule has 0 aliphatic carbocycles. The van der Waals surface area contributed by atoms with Gasteiger partial charge in [0.25, 0.3) is 0 Å². The van der Waals surface area contributed by atoms with Crippen molar-refractivity contribution in [2.24, 2.45) is 11.7 Å². The van der Waals surface area contributed by atoms with Crippen molar-refractivity contribution in [1.82, 2.24) is 16.0 Å². The van der Waals surface area contributed by atoms with E-state index in [1.165, 1.54) is 18.7 Å². The maximum atomic E-state index is 12.6. The van der Waals surface area contributed by atoms with Gasteiger partial charge in [0.1, 0.15) is 18.4 Å². The van der Waals surface area contributed by atoms with Crippen LogP contribution in [0.3, 0.4) is 0 Å². The zero-order valence-corrected chi connectivity index (χ0v) is 26.4. The summed E-state index contributed by atoms with van der Waals surface area (Å²) in [5.41, 5.74) is 5.58. The van der Waals surface area contributed by atoms with Crippen LogP contribution in [0.15, 0.2) is 0 Å². The van der Waals surface area contributed by atoms with Crippen molar-refractivity contribution in [2.75, 3.05) is 57.6 Å². The standard InChI is InChI=1S/C29H54N4O8S/c1-23(21-42-22-24(2)34)28(38)33-25(12-11-14-30)29(39)32-16-17-40-18-19-41-20-26(35)31-15-10-8-6-4-3-5-7-9-13-27(36)37/h23,25H,3-22,30H2,1-2H3,(H,31,35)(H,32,39)(H,33,38)(H,36,37)/t23-,25-/m0/s1. The summed E-state index contributed by atoms with van der Waals surface area (Å²) in [6.45, 7) is 5.32. The van der Waals surface area contributed by atoms with Crippen LogP contribution < -0.4 is 21.7 Å². The molecule has 0 aromatic heterocycles. The average Bonchev–Trinajstić information content (AvgIpc) is 2.94.